The maximum Gasteiger partial charge on any atom is 0.410 e. The molecule has 8 nitrogen and oxygen atoms in total. The number of ether oxygens (including phenoxy) is 2. The van der Waals surface area contributed by atoms with Crippen LogP contribution in [0.4, 0.5) is 10.6 Å². The second-order valence-corrected chi connectivity index (χ2v) is 8.80. The molecule has 6 rings (SSSR count). The minimum atomic E-state index is -0.348. The first-order valence-electron chi connectivity index (χ1n) is 11.9. The van der Waals surface area contributed by atoms with Gasteiger partial charge in [0.15, 0.2) is 5.82 Å². The highest BCUT2D eigenvalue weighted by Gasteiger charge is 2.32. The average molecular weight is 480 g/mol. The molecule has 2 aromatic carbocycles. The lowest BCUT2D eigenvalue weighted by Gasteiger charge is -2.18. The van der Waals surface area contributed by atoms with Gasteiger partial charge in [0.1, 0.15) is 29.9 Å². The molecule has 0 saturated heterocycles. The predicted octanol–water partition coefficient (Wildman–Crippen LogP) is 5.52. The fourth-order valence-electron chi connectivity index (χ4n) is 4.71. The minimum Gasteiger partial charge on any atom is -0.457 e. The number of rotatable bonds is 5. The average Bonchev–Trinajstić information content (AvgIpc) is 3.48. The zero-order valence-corrected chi connectivity index (χ0v) is 19.6. The smallest absolute Gasteiger partial charge is 0.410 e. The molecule has 0 bridgehead atoms. The number of aromatic nitrogens is 3. The molecule has 1 amide bonds. The maximum atomic E-state index is 12.9. The summed E-state index contributed by atoms with van der Waals surface area (Å²) in [5, 5.41) is 0. The van der Waals surface area contributed by atoms with Crippen LogP contribution in [-0.2, 0) is 17.8 Å². The molecule has 0 atom stereocenters. The van der Waals surface area contributed by atoms with Crippen molar-refractivity contribution in [3.8, 4) is 17.2 Å². The summed E-state index contributed by atoms with van der Waals surface area (Å²) in [5.74, 6) is 1.88. The first-order chi connectivity index (χ1) is 17.7. The molecule has 4 aromatic rings. The Labute approximate surface area is 208 Å². The van der Waals surface area contributed by atoms with Crippen LogP contribution in [0.25, 0.3) is 16.7 Å². The van der Waals surface area contributed by atoms with E-state index in [2.05, 4.69) is 22.1 Å². The standard InChI is InChI=1S/C28H25N5O3/c29-27-26-25(30-18-31-27)23-15-32(28(34)35-17-19-7-3-1-4-8-19)16-24(23)33(26)20-11-13-22(14-12-20)36-21-9-5-2-6-10-21/h2-3,5-14,18H,1,4,15-17H2,(H2,29,30,31). The van der Waals surface area contributed by atoms with Crippen molar-refractivity contribution >= 4 is 22.9 Å². The summed E-state index contributed by atoms with van der Waals surface area (Å²) in [6.07, 6.45) is 9.34. The third-order valence-corrected chi connectivity index (χ3v) is 6.43. The number of benzene rings is 2. The SMILES string of the molecule is Nc1ncnc2c3c(n(-c4ccc(Oc5ccccc5)cc4)c12)CN(C(=O)OCC1=CCCC=C1)C3. The highest BCUT2D eigenvalue weighted by molar-refractivity contribution is 5.92. The van der Waals surface area contributed by atoms with Gasteiger partial charge >= 0.3 is 6.09 Å². The molecule has 0 radical (unpaired) electrons. The van der Waals surface area contributed by atoms with Gasteiger partial charge in [0.05, 0.1) is 24.3 Å². The van der Waals surface area contributed by atoms with Crippen LogP contribution in [0.15, 0.2) is 84.7 Å². The van der Waals surface area contributed by atoms with Gasteiger partial charge in [-0.15, -0.1) is 0 Å². The number of hydrogen-bond acceptors (Lipinski definition) is 6. The third-order valence-electron chi connectivity index (χ3n) is 6.43. The molecule has 2 N–H and O–H groups in total. The third kappa shape index (κ3) is 4.07. The van der Waals surface area contributed by atoms with Crippen molar-refractivity contribution in [2.45, 2.75) is 25.9 Å². The number of nitrogens with zero attached hydrogens (tertiary/aromatic N) is 4. The molecule has 36 heavy (non-hydrogen) atoms. The number of nitrogens with two attached hydrogens (primary N) is 1. The van der Waals surface area contributed by atoms with Crippen LogP contribution in [0.2, 0.25) is 0 Å². The molecule has 1 aliphatic heterocycles. The van der Waals surface area contributed by atoms with E-state index in [1.54, 1.807) is 4.90 Å². The van der Waals surface area contributed by atoms with Gasteiger partial charge in [-0.05, 0) is 54.8 Å². The van der Waals surface area contributed by atoms with Crippen LogP contribution in [-0.4, -0.2) is 32.1 Å². The van der Waals surface area contributed by atoms with Crippen LogP contribution < -0.4 is 10.5 Å². The lowest BCUT2D eigenvalue weighted by molar-refractivity contribution is 0.110. The molecule has 3 heterocycles. The normalized spacial score (nSPS) is 14.6. The zero-order chi connectivity index (χ0) is 24.5. The van der Waals surface area contributed by atoms with E-state index in [0.29, 0.717) is 18.9 Å². The van der Waals surface area contributed by atoms with E-state index in [9.17, 15) is 4.79 Å². The number of para-hydroxylation sites is 1. The number of anilines is 1. The van der Waals surface area contributed by atoms with Crippen molar-refractivity contribution < 1.29 is 14.3 Å². The van der Waals surface area contributed by atoms with Gasteiger partial charge in [0.25, 0.3) is 0 Å². The molecule has 0 unspecified atom stereocenters. The molecule has 1 aliphatic carbocycles. The molecule has 0 spiro atoms. The first kappa shape index (κ1) is 21.9. The Morgan fingerprint density at radius 1 is 0.972 bits per heavy atom. The summed E-state index contributed by atoms with van der Waals surface area (Å²) < 4.78 is 13.6. The molecule has 2 aromatic heterocycles. The van der Waals surface area contributed by atoms with E-state index in [0.717, 1.165) is 57.9 Å². The van der Waals surface area contributed by atoms with Crippen LogP contribution >= 0.6 is 0 Å². The van der Waals surface area contributed by atoms with Crippen LogP contribution in [0.3, 0.4) is 0 Å². The van der Waals surface area contributed by atoms with Crippen molar-refractivity contribution in [3.05, 3.63) is 96.0 Å². The minimum absolute atomic E-state index is 0.273. The summed E-state index contributed by atoms with van der Waals surface area (Å²) in [7, 11) is 0. The highest BCUT2D eigenvalue weighted by atomic mass is 16.6. The van der Waals surface area contributed by atoms with Crippen LogP contribution in [0.5, 0.6) is 11.5 Å². The van der Waals surface area contributed by atoms with E-state index in [1.165, 1.54) is 6.33 Å². The van der Waals surface area contributed by atoms with Crippen LogP contribution in [0, 0.1) is 0 Å². The Kier molecular flexibility index (Phi) is 5.61. The number of nitrogen functional groups attached to an aromatic ring is 1. The number of carbonyl (C=O) groups excluding carboxylic acids is 1. The summed E-state index contributed by atoms with van der Waals surface area (Å²) in [6, 6.07) is 17.4. The number of allylic oxidation sites excluding steroid dienone is 2. The van der Waals surface area contributed by atoms with E-state index < -0.39 is 0 Å². The fourth-order valence-corrected chi connectivity index (χ4v) is 4.71. The largest absolute Gasteiger partial charge is 0.457 e. The van der Waals surface area contributed by atoms with Gasteiger partial charge in [-0.3, -0.25) is 4.90 Å². The monoisotopic (exact) mass is 479 g/mol. The second-order valence-electron chi connectivity index (χ2n) is 8.80. The summed E-state index contributed by atoms with van der Waals surface area (Å²) in [5.41, 5.74) is 11.6. The van der Waals surface area contributed by atoms with E-state index >= 15 is 0 Å². The van der Waals surface area contributed by atoms with Gasteiger partial charge < -0.3 is 19.8 Å². The van der Waals surface area contributed by atoms with Crippen molar-refractivity contribution in [3.63, 3.8) is 0 Å². The predicted molar refractivity (Wildman–Crippen MR) is 137 cm³/mol. The summed E-state index contributed by atoms with van der Waals surface area (Å²) in [6.45, 7) is 1.06. The lowest BCUT2D eigenvalue weighted by atomic mass is 10.1. The van der Waals surface area contributed by atoms with Crippen molar-refractivity contribution in [2.75, 3.05) is 12.3 Å². The van der Waals surface area contributed by atoms with E-state index in [-0.39, 0.29) is 12.7 Å². The quantitative estimate of drug-likeness (QED) is 0.405. The van der Waals surface area contributed by atoms with Gasteiger partial charge in [-0.1, -0.05) is 36.4 Å². The fraction of sp³-hybridized carbons (Fsp3) is 0.179. The second kappa shape index (κ2) is 9.22. The molecular weight excluding hydrogens is 454 g/mol. The van der Waals surface area contributed by atoms with Gasteiger partial charge in [-0.25, -0.2) is 14.8 Å². The number of hydrogen-bond donors (Lipinski definition) is 1. The van der Waals surface area contributed by atoms with Gasteiger partial charge in [-0.2, -0.15) is 0 Å². The van der Waals surface area contributed by atoms with Crippen molar-refractivity contribution in [2.24, 2.45) is 0 Å². The molecule has 8 heteroatoms. The van der Waals surface area contributed by atoms with Crippen LogP contribution in [0.1, 0.15) is 24.1 Å². The number of amides is 1. The number of fused-ring (bicyclic) bond motifs is 3. The molecule has 2 aliphatic rings. The number of carbonyl (C=O) groups is 1. The maximum absolute atomic E-state index is 12.9. The Bertz CT molecular complexity index is 1490. The topological polar surface area (TPSA) is 95.5 Å². The highest BCUT2D eigenvalue weighted by Crippen LogP contribution is 2.37. The molecular formula is C28H25N5O3. The summed E-state index contributed by atoms with van der Waals surface area (Å²) >= 11 is 0. The first-order valence-corrected chi connectivity index (χ1v) is 11.9. The molecule has 0 fully saturated rings. The van der Waals surface area contributed by atoms with Crippen molar-refractivity contribution in [1.82, 2.24) is 19.4 Å². The van der Waals surface area contributed by atoms with E-state index in [1.807, 2.05) is 65.2 Å². The Morgan fingerprint density at radius 3 is 2.56 bits per heavy atom. The Hall–Kier alpha value is -4.59. The Balaban J connectivity index is 1.28. The van der Waals surface area contributed by atoms with Crippen molar-refractivity contribution in [1.29, 1.82) is 0 Å². The van der Waals surface area contributed by atoms with Gasteiger partial charge in [0.2, 0.25) is 0 Å². The molecule has 0 saturated carbocycles. The lowest BCUT2D eigenvalue weighted by Crippen LogP contribution is -2.27. The summed E-state index contributed by atoms with van der Waals surface area (Å²) in [4.78, 5) is 23.3. The van der Waals surface area contributed by atoms with Gasteiger partial charge in [0, 0.05) is 11.3 Å². The zero-order valence-electron chi connectivity index (χ0n) is 19.6. The Morgan fingerprint density at radius 2 is 1.78 bits per heavy atom. The molecule has 180 valence electrons. The van der Waals surface area contributed by atoms with E-state index in [4.69, 9.17) is 15.2 Å².